The number of nitrogens with two attached hydrogens (primary N) is 1. The summed E-state index contributed by atoms with van der Waals surface area (Å²) in [6.07, 6.45) is 1.73. The molecule has 1 atom stereocenters. The lowest BCUT2D eigenvalue weighted by molar-refractivity contribution is -0.130. The Morgan fingerprint density at radius 2 is 2.13 bits per heavy atom. The van der Waals surface area contributed by atoms with E-state index in [4.69, 9.17) is 5.73 Å². The molecule has 1 heterocycles. The zero-order chi connectivity index (χ0) is 16.8. The Hall–Kier alpha value is -2.02. The van der Waals surface area contributed by atoms with E-state index in [1.807, 2.05) is 0 Å². The van der Waals surface area contributed by atoms with E-state index in [9.17, 15) is 18.4 Å². The highest BCUT2D eigenvalue weighted by Crippen LogP contribution is 2.16. The lowest BCUT2D eigenvalue weighted by Gasteiger charge is -2.16. The van der Waals surface area contributed by atoms with E-state index in [2.05, 4.69) is 5.32 Å². The Labute approximate surface area is 133 Å². The fourth-order valence-corrected chi connectivity index (χ4v) is 2.62. The van der Waals surface area contributed by atoms with Gasteiger partial charge < -0.3 is 16.0 Å². The van der Waals surface area contributed by atoms with Gasteiger partial charge in [-0.15, -0.1) is 0 Å². The second-order valence-electron chi connectivity index (χ2n) is 5.71. The van der Waals surface area contributed by atoms with Crippen molar-refractivity contribution in [3.05, 3.63) is 35.4 Å². The first-order valence-electron chi connectivity index (χ1n) is 7.72. The van der Waals surface area contributed by atoms with Crippen LogP contribution in [-0.4, -0.2) is 42.9 Å². The Kier molecular flexibility index (Phi) is 6.04. The molecule has 0 saturated carbocycles. The minimum atomic E-state index is -0.900. The summed E-state index contributed by atoms with van der Waals surface area (Å²) in [4.78, 5) is 25.6. The molecule has 1 aromatic rings. The maximum Gasteiger partial charge on any atom is 0.254 e. The van der Waals surface area contributed by atoms with Gasteiger partial charge in [0.2, 0.25) is 5.91 Å². The van der Waals surface area contributed by atoms with Crippen LogP contribution in [0.2, 0.25) is 0 Å². The summed E-state index contributed by atoms with van der Waals surface area (Å²) in [5, 5.41) is 2.53. The van der Waals surface area contributed by atoms with Crippen LogP contribution in [0.1, 0.15) is 29.6 Å². The van der Waals surface area contributed by atoms with Crippen LogP contribution in [-0.2, 0) is 4.79 Å². The first-order valence-corrected chi connectivity index (χ1v) is 7.72. The van der Waals surface area contributed by atoms with Gasteiger partial charge in [0, 0.05) is 32.1 Å². The third-order valence-electron chi connectivity index (χ3n) is 4.00. The van der Waals surface area contributed by atoms with Gasteiger partial charge in [0.1, 0.15) is 11.6 Å². The van der Waals surface area contributed by atoms with Crippen LogP contribution in [0.5, 0.6) is 0 Å². The number of rotatable bonds is 6. The first-order chi connectivity index (χ1) is 11.0. The van der Waals surface area contributed by atoms with E-state index >= 15 is 0 Å². The number of carbonyl (C=O) groups is 2. The fraction of sp³-hybridized carbons (Fsp3) is 0.500. The van der Waals surface area contributed by atoms with Crippen LogP contribution in [0.25, 0.3) is 0 Å². The average Bonchev–Trinajstić information content (AvgIpc) is 3.00. The van der Waals surface area contributed by atoms with Gasteiger partial charge in [-0.25, -0.2) is 8.78 Å². The van der Waals surface area contributed by atoms with Crippen LogP contribution < -0.4 is 11.1 Å². The summed E-state index contributed by atoms with van der Waals surface area (Å²) in [5.74, 6) is -1.82. The van der Waals surface area contributed by atoms with E-state index in [0.717, 1.165) is 25.1 Å². The highest BCUT2D eigenvalue weighted by Gasteiger charge is 2.24. The second-order valence-corrected chi connectivity index (χ2v) is 5.71. The smallest absolute Gasteiger partial charge is 0.254 e. The largest absolute Gasteiger partial charge is 0.352 e. The molecule has 3 N–H and O–H groups in total. The van der Waals surface area contributed by atoms with Gasteiger partial charge >= 0.3 is 0 Å². The standard InChI is InChI=1S/C16H21F2N3O2/c17-12-3-4-13(14(18)8-12)16(23)20-6-1-2-15(22)21-7-5-11(9-19)10-21/h3-4,8,11H,1-2,5-7,9-10,19H2,(H,20,23). The molecule has 5 nitrogen and oxygen atoms in total. The monoisotopic (exact) mass is 325 g/mol. The minimum absolute atomic E-state index is 0.0446. The molecule has 2 amide bonds. The maximum absolute atomic E-state index is 13.4. The normalized spacial score (nSPS) is 17.3. The molecule has 1 aliphatic rings. The Bertz CT molecular complexity index is 580. The van der Waals surface area contributed by atoms with Gasteiger partial charge in [-0.1, -0.05) is 0 Å². The molecule has 1 aromatic carbocycles. The number of nitrogens with zero attached hydrogens (tertiary/aromatic N) is 1. The summed E-state index contributed by atoms with van der Waals surface area (Å²) < 4.78 is 26.2. The molecule has 2 rings (SSSR count). The number of nitrogens with one attached hydrogen (secondary N) is 1. The van der Waals surface area contributed by atoms with Crippen LogP contribution in [0.3, 0.4) is 0 Å². The van der Waals surface area contributed by atoms with Gasteiger partial charge in [-0.05, 0) is 37.4 Å². The second kappa shape index (κ2) is 8.01. The van der Waals surface area contributed by atoms with E-state index in [-0.39, 0.29) is 18.0 Å². The third-order valence-corrected chi connectivity index (χ3v) is 4.00. The van der Waals surface area contributed by atoms with E-state index in [1.54, 1.807) is 4.90 Å². The number of carbonyl (C=O) groups excluding carboxylic acids is 2. The van der Waals surface area contributed by atoms with E-state index in [1.165, 1.54) is 0 Å². The lowest BCUT2D eigenvalue weighted by atomic mass is 10.1. The van der Waals surface area contributed by atoms with E-state index < -0.39 is 17.5 Å². The van der Waals surface area contributed by atoms with Gasteiger partial charge in [0.25, 0.3) is 5.91 Å². The first kappa shape index (κ1) is 17.3. The lowest BCUT2D eigenvalue weighted by Crippen LogP contribution is -2.31. The number of hydrogen-bond acceptors (Lipinski definition) is 3. The van der Waals surface area contributed by atoms with Crippen molar-refractivity contribution < 1.29 is 18.4 Å². The van der Waals surface area contributed by atoms with Crippen molar-refractivity contribution in [2.75, 3.05) is 26.2 Å². The number of halogens is 2. The zero-order valence-electron chi connectivity index (χ0n) is 12.9. The predicted octanol–water partition coefficient (Wildman–Crippen LogP) is 1.28. The molecular weight excluding hydrogens is 304 g/mol. The Morgan fingerprint density at radius 1 is 1.35 bits per heavy atom. The predicted molar refractivity (Wildman–Crippen MR) is 81.7 cm³/mol. The molecule has 0 spiro atoms. The molecule has 1 fully saturated rings. The summed E-state index contributed by atoms with van der Waals surface area (Å²) in [7, 11) is 0. The minimum Gasteiger partial charge on any atom is -0.352 e. The molecule has 126 valence electrons. The van der Waals surface area contributed by atoms with E-state index in [0.29, 0.717) is 37.9 Å². The average molecular weight is 325 g/mol. The maximum atomic E-state index is 13.4. The zero-order valence-corrected chi connectivity index (χ0v) is 12.9. The van der Waals surface area contributed by atoms with Crippen LogP contribution in [0, 0.1) is 17.6 Å². The van der Waals surface area contributed by atoms with Gasteiger partial charge in [0.15, 0.2) is 0 Å². The van der Waals surface area contributed by atoms with Crippen molar-refractivity contribution in [3.8, 4) is 0 Å². The molecule has 0 aromatic heterocycles. The van der Waals surface area contributed by atoms with Gasteiger partial charge in [0.05, 0.1) is 5.56 Å². The molecule has 23 heavy (non-hydrogen) atoms. The number of benzene rings is 1. The third kappa shape index (κ3) is 4.72. The van der Waals surface area contributed by atoms with Crippen molar-refractivity contribution in [1.82, 2.24) is 10.2 Å². The molecule has 1 unspecified atom stereocenters. The highest BCUT2D eigenvalue weighted by molar-refractivity contribution is 5.94. The highest BCUT2D eigenvalue weighted by atomic mass is 19.1. The summed E-state index contributed by atoms with van der Waals surface area (Å²) in [6.45, 7) is 2.27. The van der Waals surface area contributed by atoms with Crippen molar-refractivity contribution in [1.29, 1.82) is 0 Å². The number of hydrogen-bond donors (Lipinski definition) is 2. The van der Waals surface area contributed by atoms with Crippen molar-refractivity contribution in [3.63, 3.8) is 0 Å². The molecular formula is C16H21F2N3O2. The summed E-state index contributed by atoms with van der Waals surface area (Å²) in [6, 6.07) is 2.80. The van der Waals surface area contributed by atoms with Gasteiger partial charge in [-0.3, -0.25) is 9.59 Å². The Balaban J connectivity index is 1.71. The molecule has 1 aliphatic heterocycles. The molecule has 0 aliphatic carbocycles. The topological polar surface area (TPSA) is 75.4 Å². The van der Waals surface area contributed by atoms with Crippen LogP contribution >= 0.6 is 0 Å². The molecule has 1 saturated heterocycles. The van der Waals surface area contributed by atoms with Crippen molar-refractivity contribution in [2.45, 2.75) is 19.3 Å². The molecule has 7 heteroatoms. The van der Waals surface area contributed by atoms with Crippen LogP contribution in [0.4, 0.5) is 8.78 Å². The molecule has 0 bridgehead atoms. The quantitative estimate of drug-likeness (QED) is 0.774. The van der Waals surface area contributed by atoms with Crippen molar-refractivity contribution in [2.24, 2.45) is 11.7 Å². The SMILES string of the molecule is NCC1CCN(C(=O)CCCNC(=O)c2ccc(F)cc2F)C1. The summed E-state index contributed by atoms with van der Waals surface area (Å²) in [5.41, 5.74) is 5.38. The molecule has 0 radical (unpaired) electrons. The van der Waals surface area contributed by atoms with Crippen molar-refractivity contribution >= 4 is 11.8 Å². The Morgan fingerprint density at radius 3 is 2.78 bits per heavy atom. The number of amides is 2. The number of likely N-dealkylation sites (tertiary alicyclic amines) is 1. The fourth-order valence-electron chi connectivity index (χ4n) is 2.62. The summed E-state index contributed by atoms with van der Waals surface area (Å²) >= 11 is 0. The van der Waals surface area contributed by atoms with Crippen LogP contribution in [0.15, 0.2) is 18.2 Å². The van der Waals surface area contributed by atoms with Gasteiger partial charge in [-0.2, -0.15) is 0 Å².